The van der Waals surface area contributed by atoms with E-state index in [0.717, 1.165) is 6.29 Å². The summed E-state index contributed by atoms with van der Waals surface area (Å²) in [6, 6.07) is 11.5. The van der Waals surface area contributed by atoms with Crippen molar-refractivity contribution in [1.82, 2.24) is 0 Å². The minimum atomic E-state index is -0.615. The first-order chi connectivity index (χ1) is 11.6. The monoisotopic (exact) mass is 389 g/mol. The van der Waals surface area contributed by atoms with Gasteiger partial charge in [0.05, 0.1) is 22.2 Å². The minimum Gasteiger partial charge on any atom is -0.628 e. The van der Waals surface area contributed by atoms with Crippen LogP contribution in [0.4, 0.5) is 5.69 Å². The zero-order valence-electron chi connectivity index (χ0n) is 12.8. The van der Waals surface area contributed by atoms with Crippen LogP contribution in [0, 0.1) is 5.21 Å². The normalized spacial score (nSPS) is 19.2. The van der Waals surface area contributed by atoms with Crippen LogP contribution in [0.5, 0.6) is 5.75 Å². The maximum absolute atomic E-state index is 12.3. The number of Topliss-reactive ketones (excluding diaryl/α,β-unsaturated/α-hetero) is 1. The fraction of sp³-hybridized carbons (Fsp3) is 0.222. The molecule has 0 spiro atoms. The van der Waals surface area contributed by atoms with Crippen LogP contribution in [0.2, 0.25) is 0 Å². The Morgan fingerprint density at radius 2 is 2.00 bits per heavy atom. The number of hydroxylamine groups is 1. The molecule has 0 radical (unpaired) electrons. The number of benzene rings is 2. The molecule has 2 atom stereocenters. The van der Waals surface area contributed by atoms with E-state index in [0.29, 0.717) is 46.5 Å². The van der Waals surface area contributed by atoms with Gasteiger partial charge in [0.2, 0.25) is 5.78 Å². The van der Waals surface area contributed by atoms with Gasteiger partial charge in [0, 0.05) is 12.5 Å². The summed E-state index contributed by atoms with van der Waals surface area (Å²) in [7, 11) is 0. The maximum Gasteiger partial charge on any atom is 0.226 e. The lowest BCUT2D eigenvalue weighted by Gasteiger charge is -2.23. The largest absolute Gasteiger partial charge is 0.628 e. The van der Waals surface area contributed by atoms with Crippen molar-refractivity contribution in [2.24, 2.45) is 0 Å². The summed E-state index contributed by atoms with van der Waals surface area (Å²) in [4.78, 5) is 23.4. The Labute approximate surface area is 147 Å². The van der Waals surface area contributed by atoms with Crippen LogP contribution in [0.15, 0.2) is 46.9 Å². The van der Waals surface area contributed by atoms with Gasteiger partial charge in [-0.3, -0.25) is 9.59 Å². The third-order valence-electron chi connectivity index (χ3n) is 4.10. The first kappa shape index (κ1) is 16.8. The van der Waals surface area contributed by atoms with Crippen molar-refractivity contribution in [2.45, 2.75) is 18.9 Å². The van der Waals surface area contributed by atoms with Gasteiger partial charge in [0.25, 0.3) is 0 Å². The highest BCUT2D eigenvalue weighted by molar-refractivity contribution is 9.10. The first-order valence-corrected chi connectivity index (χ1v) is 8.46. The van der Waals surface area contributed by atoms with Gasteiger partial charge in [-0.2, -0.15) is 0 Å². The van der Waals surface area contributed by atoms with Gasteiger partial charge in [0.15, 0.2) is 12.3 Å². The number of rotatable bonds is 6. The van der Waals surface area contributed by atoms with Crippen LogP contribution in [-0.2, 0) is 0 Å². The van der Waals surface area contributed by atoms with Crippen LogP contribution in [0.25, 0.3) is 0 Å². The van der Waals surface area contributed by atoms with Crippen molar-refractivity contribution in [1.29, 1.82) is 0 Å². The van der Waals surface area contributed by atoms with Crippen LogP contribution >= 0.6 is 15.9 Å². The van der Waals surface area contributed by atoms with Gasteiger partial charge >= 0.3 is 0 Å². The predicted molar refractivity (Wildman–Crippen MR) is 92.8 cm³/mol. The quantitative estimate of drug-likeness (QED) is 0.468. The molecule has 1 aliphatic rings. The molecule has 0 fully saturated rings. The van der Waals surface area contributed by atoms with Gasteiger partial charge in [-0.25, -0.2) is 0 Å². The molecule has 3 rings (SSSR count). The molecule has 0 saturated heterocycles. The summed E-state index contributed by atoms with van der Waals surface area (Å²) in [6.45, 7) is 0.330. The van der Waals surface area contributed by atoms with Crippen molar-refractivity contribution in [3.8, 4) is 5.75 Å². The smallest absolute Gasteiger partial charge is 0.226 e. The Kier molecular flexibility index (Phi) is 5.08. The topological polar surface area (TPSA) is 70.9 Å². The van der Waals surface area contributed by atoms with Crippen molar-refractivity contribution in [3.63, 3.8) is 0 Å². The van der Waals surface area contributed by atoms with Crippen molar-refractivity contribution in [2.75, 3.05) is 6.61 Å². The third-order valence-corrected chi connectivity index (χ3v) is 4.72. The number of nitrogens with one attached hydrogen (secondary N) is 1. The Bertz CT molecular complexity index is 777. The highest BCUT2D eigenvalue weighted by atomic mass is 79.9. The number of hydrogen-bond acceptors (Lipinski definition) is 4. The van der Waals surface area contributed by atoms with E-state index >= 15 is 0 Å². The molecular formula is C18H16BrNO4. The van der Waals surface area contributed by atoms with Crippen LogP contribution in [0.1, 0.15) is 33.6 Å². The zero-order chi connectivity index (χ0) is 17.1. The van der Waals surface area contributed by atoms with Crippen LogP contribution in [0.3, 0.4) is 0 Å². The molecule has 1 aliphatic heterocycles. The van der Waals surface area contributed by atoms with Gasteiger partial charge in [0.1, 0.15) is 11.4 Å². The van der Waals surface area contributed by atoms with Gasteiger partial charge in [-0.15, -0.1) is 0 Å². The minimum absolute atomic E-state index is 0.106. The number of quaternary nitrogens is 1. The second kappa shape index (κ2) is 7.25. The number of carbonyl (C=O) groups is 2. The lowest BCUT2D eigenvalue weighted by Crippen LogP contribution is -3.05. The fourth-order valence-electron chi connectivity index (χ4n) is 2.90. The molecule has 2 aromatic rings. The van der Waals surface area contributed by atoms with E-state index in [1.807, 2.05) is 0 Å². The van der Waals surface area contributed by atoms with E-state index in [4.69, 9.17) is 4.74 Å². The summed E-state index contributed by atoms with van der Waals surface area (Å²) >= 11 is 3.35. The first-order valence-electron chi connectivity index (χ1n) is 7.67. The molecule has 5 nitrogen and oxygen atoms in total. The highest BCUT2D eigenvalue weighted by Gasteiger charge is 2.37. The number of halogens is 1. The molecule has 0 saturated carbocycles. The lowest BCUT2D eigenvalue weighted by molar-refractivity contribution is -0.790. The number of ether oxygens (including phenoxy) is 1. The second-order valence-electron chi connectivity index (χ2n) is 5.59. The number of para-hydroxylation sites is 2. The Balaban J connectivity index is 1.59. The summed E-state index contributed by atoms with van der Waals surface area (Å²) in [5, 5.41) is 12.2. The van der Waals surface area contributed by atoms with Crippen molar-refractivity contribution < 1.29 is 19.4 Å². The molecule has 0 aliphatic carbocycles. The summed E-state index contributed by atoms with van der Waals surface area (Å²) in [5.41, 5.74) is 1.50. The highest BCUT2D eigenvalue weighted by Crippen LogP contribution is 2.28. The molecule has 24 heavy (non-hydrogen) atoms. The number of ketones is 1. The molecule has 0 bridgehead atoms. The predicted octanol–water partition coefficient (Wildman–Crippen LogP) is 2.70. The summed E-state index contributed by atoms with van der Waals surface area (Å²) in [6.07, 6.45) is 1.73. The SMILES string of the molecule is O=Cc1cccc(Br)c1OCCCC1C(=O)c2ccccc2[NH+]1[O-]. The van der Waals surface area contributed by atoms with E-state index in [9.17, 15) is 14.8 Å². The standard InChI is InChI=1S/C18H16BrNO4/c19-14-7-3-5-12(11-21)18(14)24-10-4-9-16-17(22)13-6-1-2-8-15(13)20(16)23/h1-3,5-8,11,16,20H,4,9-10H2. The third kappa shape index (κ3) is 3.13. The number of hydrogen-bond donors (Lipinski definition) is 1. The molecular weight excluding hydrogens is 374 g/mol. The summed E-state index contributed by atoms with van der Waals surface area (Å²) in [5.74, 6) is 0.380. The number of carbonyl (C=O) groups excluding carboxylic acids is 2. The zero-order valence-corrected chi connectivity index (χ0v) is 14.4. The Hall–Kier alpha value is -2.02. The van der Waals surface area contributed by atoms with E-state index in [1.54, 1.807) is 42.5 Å². The number of fused-ring (bicyclic) bond motifs is 1. The molecule has 124 valence electrons. The fourth-order valence-corrected chi connectivity index (χ4v) is 3.40. The van der Waals surface area contributed by atoms with E-state index in [-0.39, 0.29) is 10.8 Å². The van der Waals surface area contributed by atoms with Gasteiger partial charge < -0.3 is 15.0 Å². The van der Waals surface area contributed by atoms with Crippen molar-refractivity contribution >= 4 is 33.7 Å². The molecule has 0 amide bonds. The lowest BCUT2D eigenvalue weighted by atomic mass is 10.0. The van der Waals surface area contributed by atoms with Gasteiger partial charge in [-0.05, 0) is 40.5 Å². The molecule has 1 N–H and O–H groups in total. The van der Waals surface area contributed by atoms with E-state index < -0.39 is 6.04 Å². The molecule has 0 aromatic heterocycles. The van der Waals surface area contributed by atoms with Crippen molar-refractivity contribution in [3.05, 3.63) is 63.3 Å². The van der Waals surface area contributed by atoms with E-state index in [1.165, 1.54) is 0 Å². The van der Waals surface area contributed by atoms with Crippen LogP contribution in [-0.4, -0.2) is 24.7 Å². The molecule has 1 heterocycles. The van der Waals surface area contributed by atoms with Gasteiger partial charge in [-0.1, -0.05) is 18.2 Å². The second-order valence-corrected chi connectivity index (χ2v) is 6.45. The Morgan fingerprint density at radius 1 is 1.21 bits per heavy atom. The molecule has 2 aromatic carbocycles. The summed E-state index contributed by atoms with van der Waals surface area (Å²) < 4.78 is 6.37. The Morgan fingerprint density at radius 3 is 2.75 bits per heavy atom. The average Bonchev–Trinajstić information content (AvgIpc) is 2.84. The maximum atomic E-state index is 12.3. The molecule has 6 heteroatoms. The number of aldehydes is 1. The average molecular weight is 390 g/mol. The van der Waals surface area contributed by atoms with E-state index in [2.05, 4.69) is 15.9 Å². The molecule has 2 unspecified atom stereocenters. The van der Waals surface area contributed by atoms with Crippen LogP contribution < -0.4 is 9.80 Å².